The van der Waals surface area contributed by atoms with Crippen LogP contribution in [0.5, 0.6) is 0 Å². The van der Waals surface area contributed by atoms with Crippen LogP contribution in [0.25, 0.3) is 5.69 Å². The van der Waals surface area contributed by atoms with Gasteiger partial charge < -0.3 is 9.88 Å². The first-order chi connectivity index (χ1) is 8.56. The normalized spacial score (nSPS) is 11.2. The van der Waals surface area contributed by atoms with Gasteiger partial charge in [-0.1, -0.05) is 13.8 Å². The fourth-order valence-corrected chi connectivity index (χ4v) is 2.51. The molecule has 2 rings (SSSR count). The number of hydrogen-bond donors (Lipinski definition) is 1. The molecule has 96 valence electrons. The van der Waals surface area contributed by atoms with Crippen molar-refractivity contribution in [2.75, 3.05) is 0 Å². The summed E-state index contributed by atoms with van der Waals surface area (Å²) in [5, 5.41) is 3.36. The van der Waals surface area contributed by atoms with Crippen LogP contribution in [0.1, 0.15) is 19.5 Å². The first-order valence-corrected chi connectivity index (χ1v) is 7.65. The molecule has 0 aliphatic carbocycles. The summed E-state index contributed by atoms with van der Waals surface area (Å²) in [4.78, 5) is 4.41. The quantitative estimate of drug-likeness (QED) is 0.765. The average molecular weight is 420 g/mol. The van der Waals surface area contributed by atoms with E-state index < -0.39 is 0 Å². The van der Waals surface area contributed by atoms with Gasteiger partial charge in [0.25, 0.3) is 0 Å². The zero-order valence-corrected chi connectivity index (χ0v) is 14.1. The minimum atomic E-state index is 0.472. The highest BCUT2D eigenvalue weighted by molar-refractivity contribution is 14.1. The molecule has 1 aromatic heterocycles. The summed E-state index contributed by atoms with van der Waals surface area (Å²) in [5.41, 5.74) is 2.17. The van der Waals surface area contributed by atoms with E-state index in [-0.39, 0.29) is 0 Å². The molecular formula is C13H15BrIN3. The van der Waals surface area contributed by atoms with E-state index >= 15 is 0 Å². The van der Waals surface area contributed by atoms with Crippen LogP contribution in [0.4, 0.5) is 0 Å². The second-order valence-electron chi connectivity index (χ2n) is 4.40. The minimum Gasteiger partial charge on any atom is -0.309 e. The molecule has 0 radical (unpaired) electrons. The van der Waals surface area contributed by atoms with Crippen molar-refractivity contribution in [2.45, 2.75) is 26.4 Å². The molecule has 0 spiro atoms. The van der Waals surface area contributed by atoms with E-state index in [0.717, 1.165) is 22.4 Å². The third-order valence-electron chi connectivity index (χ3n) is 2.51. The van der Waals surface area contributed by atoms with Crippen LogP contribution >= 0.6 is 38.5 Å². The predicted molar refractivity (Wildman–Crippen MR) is 86.0 cm³/mol. The molecule has 0 unspecified atom stereocenters. The van der Waals surface area contributed by atoms with Gasteiger partial charge in [0.2, 0.25) is 0 Å². The molecule has 1 heterocycles. The third kappa shape index (κ3) is 3.55. The van der Waals surface area contributed by atoms with E-state index in [1.165, 1.54) is 3.57 Å². The van der Waals surface area contributed by atoms with Crippen LogP contribution < -0.4 is 5.32 Å². The molecule has 3 nitrogen and oxygen atoms in total. The van der Waals surface area contributed by atoms with Crippen molar-refractivity contribution in [3.63, 3.8) is 0 Å². The fourth-order valence-electron chi connectivity index (χ4n) is 1.58. The van der Waals surface area contributed by atoms with E-state index in [0.29, 0.717) is 6.04 Å². The Hall–Kier alpha value is -0.400. The van der Waals surface area contributed by atoms with Crippen molar-refractivity contribution in [1.82, 2.24) is 14.9 Å². The van der Waals surface area contributed by atoms with Gasteiger partial charge in [-0.2, -0.15) is 0 Å². The van der Waals surface area contributed by atoms with Crippen LogP contribution in [0, 0.1) is 3.57 Å². The Labute approximate surface area is 129 Å². The first-order valence-electron chi connectivity index (χ1n) is 5.78. The predicted octanol–water partition coefficient (Wildman–Crippen LogP) is 3.74. The molecule has 1 aromatic carbocycles. The first kappa shape index (κ1) is 14.0. The number of imidazole rings is 1. The molecule has 1 N–H and O–H groups in total. The lowest BCUT2D eigenvalue weighted by Crippen LogP contribution is -2.21. The third-order valence-corrected chi connectivity index (χ3v) is 3.86. The monoisotopic (exact) mass is 419 g/mol. The van der Waals surface area contributed by atoms with Gasteiger partial charge in [0.15, 0.2) is 0 Å². The largest absolute Gasteiger partial charge is 0.309 e. The molecule has 0 aliphatic rings. The number of nitrogens with zero attached hydrogens (tertiary/aromatic N) is 2. The summed E-state index contributed by atoms with van der Waals surface area (Å²) in [6.45, 7) is 5.06. The van der Waals surface area contributed by atoms with Gasteiger partial charge in [-0.3, -0.25) is 0 Å². The van der Waals surface area contributed by atoms with Gasteiger partial charge in [-0.15, -0.1) is 0 Å². The standard InChI is InChI=1S/C13H15BrIN3/c1-9(2)16-6-11-7-18(8-17-11)13-5-10(15)3-4-12(13)14/h3-5,7-9,16H,6H2,1-2H3. The molecule has 0 aliphatic heterocycles. The van der Waals surface area contributed by atoms with E-state index in [9.17, 15) is 0 Å². The zero-order valence-electron chi connectivity index (χ0n) is 10.3. The van der Waals surface area contributed by atoms with Crippen LogP contribution in [-0.4, -0.2) is 15.6 Å². The molecule has 2 aromatic rings. The Morgan fingerprint density at radius 2 is 2.22 bits per heavy atom. The molecule has 0 atom stereocenters. The average Bonchev–Trinajstić information content (AvgIpc) is 2.78. The highest BCUT2D eigenvalue weighted by atomic mass is 127. The molecule has 0 bridgehead atoms. The SMILES string of the molecule is CC(C)NCc1cn(-c2cc(I)ccc2Br)cn1. The number of rotatable bonds is 4. The summed E-state index contributed by atoms with van der Waals surface area (Å²) in [5.74, 6) is 0. The van der Waals surface area contributed by atoms with E-state index in [1.807, 2.05) is 10.9 Å². The lowest BCUT2D eigenvalue weighted by atomic mass is 10.3. The van der Waals surface area contributed by atoms with E-state index in [1.54, 1.807) is 0 Å². The summed E-state index contributed by atoms with van der Waals surface area (Å²) in [6.07, 6.45) is 3.92. The number of aromatic nitrogens is 2. The molecular weight excluding hydrogens is 405 g/mol. The van der Waals surface area contributed by atoms with Crippen molar-refractivity contribution < 1.29 is 0 Å². The number of hydrogen-bond acceptors (Lipinski definition) is 2. The Balaban J connectivity index is 2.21. The Bertz CT molecular complexity index is 537. The summed E-state index contributed by atoms with van der Waals surface area (Å²) in [7, 11) is 0. The van der Waals surface area contributed by atoms with E-state index in [4.69, 9.17) is 0 Å². The molecule has 0 amide bonds. The second kappa shape index (κ2) is 6.16. The Morgan fingerprint density at radius 1 is 1.44 bits per heavy atom. The lowest BCUT2D eigenvalue weighted by Gasteiger charge is -2.06. The summed E-state index contributed by atoms with van der Waals surface area (Å²) in [6, 6.07) is 6.74. The van der Waals surface area contributed by atoms with Crippen molar-refractivity contribution >= 4 is 38.5 Å². The molecule has 0 saturated carbocycles. The van der Waals surface area contributed by atoms with Crippen molar-refractivity contribution in [1.29, 1.82) is 0 Å². The van der Waals surface area contributed by atoms with Gasteiger partial charge in [0, 0.05) is 26.8 Å². The van der Waals surface area contributed by atoms with Gasteiger partial charge in [-0.25, -0.2) is 4.98 Å². The number of benzene rings is 1. The van der Waals surface area contributed by atoms with Crippen molar-refractivity contribution in [2.24, 2.45) is 0 Å². The Kier molecular flexibility index (Phi) is 4.80. The topological polar surface area (TPSA) is 29.9 Å². The van der Waals surface area contributed by atoms with Gasteiger partial charge >= 0.3 is 0 Å². The van der Waals surface area contributed by atoms with Gasteiger partial charge in [-0.05, 0) is 56.7 Å². The van der Waals surface area contributed by atoms with Gasteiger partial charge in [0.05, 0.1) is 17.7 Å². The fraction of sp³-hybridized carbons (Fsp3) is 0.308. The maximum atomic E-state index is 4.41. The van der Waals surface area contributed by atoms with Crippen LogP contribution in [0.15, 0.2) is 35.2 Å². The molecule has 5 heteroatoms. The lowest BCUT2D eigenvalue weighted by molar-refractivity contribution is 0.582. The maximum Gasteiger partial charge on any atom is 0.0996 e. The van der Waals surface area contributed by atoms with Crippen molar-refractivity contribution in [3.05, 3.63) is 44.5 Å². The molecule has 0 fully saturated rings. The minimum absolute atomic E-state index is 0.472. The number of nitrogens with one attached hydrogen (secondary N) is 1. The maximum absolute atomic E-state index is 4.41. The van der Waals surface area contributed by atoms with Crippen molar-refractivity contribution in [3.8, 4) is 5.69 Å². The summed E-state index contributed by atoms with van der Waals surface area (Å²) >= 11 is 5.89. The summed E-state index contributed by atoms with van der Waals surface area (Å²) < 4.78 is 4.33. The van der Waals surface area contributed by atoms with E-state index in [2.05, 4.69) is 87.1 Å². The Morgan fingerprint density at radius 3 is 2.94 bits per heavy atom. The smallest absolute Gasteiger partial charge is 0.0996 e. The highest BCUT2D eigenvalue weighted by Gasteiger charge is 2.05. The van der Waals surface area contributed by atoms with Gasteiger partial charge in [0.1, 0.15) is 0 Å². The second-order valence-corrected chi connectivity index (χ2v) is 6.50. The highest BCUT2D eigenvalue weighted by Crippen LogP contribution is 2.23. The van der Waals surface area contributed by atoms with Crippen LogP contribution in [0.3, 0.4) is 0 Å². The number of halogens is 2. The van der Waals surface area contributed by atoms with Crippen LogP contribution in [0.2, 0.25) is 0 Å². The molecule has 0 saturated heterocycles. The van der Waals surface area contributed by atoms with Crippen LogP contribution in [-0.2, 0) is 6.54 Å². The molecule has 18 heavy (non-hydrogen) atoms. The zero-order chi connectivity index (χ0) is 13.1.